The second kappa shape index (κ2) is 6.13. The number of nitrogens with one attached hydrogen (secondary N) is 1. The highest BCUT2D eigenvalue weighted by Gasteiger charge is 2.05. The highest BCUT2D eigenvalue weighted by atomic mass is 35.5. The molecule has 0 saturated carbocycles. The zero-order valence-electron chi connectivity index (χ0n) is 10.1. The van der Waals surface area contributed by atoms with E-state index in [1.807, 2.05) is 6.07 Å². The maximum absolute atomic E-state index is 13.4. The molecular formula is C14H13Cl2FN2. The van der Waals surface area contributed by atoms with E-state index in [0.717, 1.165) is 0 Å². The van der Waals surface area contributed by atoms with Crippen LogP contribution in [0.5, 0.6) is 0 Å². The van der Waals surface area contributed by atoms with Crippen LogP contribution in [-0.4, -0.2) is 6.54 Å². The van der Waals surface area contributed by atoms with Crippen molar-refractivity contribution in [2.45, 2.75) is 6.42 Å². The Morgan fingerprint density at radius 1 is 1.11 bits per heavy atom. The van der Waals surface area contributed by atoms with Crippen molar-refractivity contribution >= 4 is 34.6 Å². The quantitative estimate of drug-likeness (QED) is 0.823. The average molecular weight is 299 g/mol. The lowest BCUT2D eigenvalue weighted by Crippen LogP contribution is -2.08. The molecule has 19 heavy (non-hydrogen) atoms. The molecule has 0 bridgehead atoms. The molecule has 0 unspecified atom stereocenters. The van der Waals surface area contributed by atoms with Crippen LogP contribution in [0.3, 0.4) is 0 Å². The molecule has 0 radical (unpaired) electrons. The van der Waals surface area contributed by atoms with E-state index >= 15 is 0 Å². The molecule has 0 aromatic heterocycles. The second-order valence-corrected chi connectivity index (χ2v) is 4.94. The van der Waals surface area contributed by atoms with Crippen molar-refractivity contribution in [3.8, 4) is 0 Å². The first-order valence-electron chi connectivity index (χ1n) is 5.79. The summed E-state index contributed by atoms with van der Waals surface area (Å²) in [6, 6.07) is 9.95. The summed E-state index contributed by atoms with van der Waals surface area (Å²) in [5.74, 6) is -0.202. The largest absolute Gasteiger partial charge is 0.397 e. The maximum atomic E-state index is 13.4. The summed E-state index contributed by atoms with van der Waals surface area (Å²) in [4.78, 5) is 0. The normalized spacial score (nSPS) is 10.5. The van der Waals surface area contributed by atoms with Crippen LogP contribution in [0.2, 0.25) is 10.0 Å². The van der Waals surface area contributed by atoms with Crippen LogP contribution in [-0.2, 0) is 6.42 Å². The molecule has 3 N–H and O–H groups in total. The Morgan fingerprint density at radius 3 is 2.53 bits per heavy atom. The van der Waals surface area contributed by atoms with Crippen molar-refractivity contribution in [1.82, 2.24) is 0 Å². The maximum Gasteiger partial charge on any atom is 0.126 e. The van der Waals surface area contributed by atoms with Gasteiger partial charge in [-0.2, -0.15) is 0 Å². The number of nitrogens with two attached hydrogens (primary N) is 1. The molecule has 0 aliphatic rings. The molecule has 2 nitrogen and oxygen atoms in total. The van der Waals surface area contributed by atoms with Crippen LogP contribution in [0.25, 0.3) is 0 Å². The lowest BCUT2D eigenvalue weighted by molar-refractivity contribution is 0.610. The number of hydrogen-bond donors (Lipinski definition) is 2. The number of hydrogen-bond acceptors (Lipinski definition) is 2. The minimum absolute atomic E-state index is 0.202. The van der Waals surface area contributed by atoms with E-state index in [2.05, 4.69) is 5.32 Å². The Morgan fingerprint density at radius 2 is 1.79 bits per heavy atom. The predicted molar refractivity (Wildman–Crippen MR) is 79.5 cm³/mol. The lowest BCUT2D eigenvalue weighted by atomic mass is 10.1. The van der Waals surface area contributed by atoms with Gasteiger partial charge in [0.05, 0.1) is 21.4 Å². The first kappa shape index (κ1) is 14.0. The molecule has 0 heterocycles. The van der Waals surface area contributed by atoms with Crippen molar-refractivity contribution in [2.24, 2.45) is 0 Å². The minimum Gasteiger partial charge on any atom is -0.397 e. The summed E-state index contributed by atoms with van der Waals surface area (Å²) in [5.41, 5.74) is 7.70. The van der Waals surface area contributed by atoms with Gasteiger partial charge >= 0.3 is 0 Å². The number of anilines is 2. The van der Waals surface area contributed by atoms with Gasteiger partial charge in [0, 0.05) is 6.54 Å². The van der Waals surface area contributed by atoms with Crippen molar-refractivity contribution < 1.29 is 4.39 Å². The van der Waals surface area contributed by atoms with E-state index in [4.69, 9.17) is 28.9 Å². The summed E-state index contributed by atoms with van der Waals surface area (Å²) in [7, 11) is 0. The molecule has 0 fully saturated rings. The number of nitrogen functional groups attached to an aromatic ring is 1. The Labute approximate surface area is 121 Å². The third kappa shape index (κ3) is 3.52. The van der Waals surface area contributed by atoms with E-state index in [9.17, 15) is 4.39 Å². The van der Waals surface area contributed by atoms with E-state index in [-0.39, 0.29) is 5.82 Å². The molecule has 0 atom stereocenters. The summed E-state index contributed by atoms with van der Waals surface area (Å²) in [6.07, 6.45) is 0.562. The predicted octanol–water partition coefficient (Wildman–Crippen LogP) is 4.37. The molecule has 0 amide bonds. The molecule has 0 aliphatic heterocycles. The Balaban J connectivity index is 2.00. The molecule has 0 spiro atoms. The van der Waals surface area contributed by atoms with E-state index < -0.39 is 0 Å². The fourth-order valence-electron chi connectivity index (χ4n) is 1.75. The molecule has 0 aliphatic carbocycles. The summed E-state index contributed by atoms with van der Waals surface area (Å²) in [6.45, 7) is 0.559. The summed E-state index contributed by atoms with van der Waals surface area (Å²) in [5, 5.41) is 3.97. The Bertz CT molecular complexity index is 588. The standard InChI is InChI=1S/C14H13Cl2FN2/c15-10-7-13(18)14(8-11(10)16)19-6-5-9-3-1-2-4-12(9)17/h1-4,7-8,19H,5-6,18H2. The van der Waals surface area contributed by atoms with Gasteiger partial charge < -0.3 is 11.1 Å². The van der Waals surface area contributed by atoms with Gasteiger partial charge in [-0.15, -0.1) is 0 Å². The molecule has 2 aromatic carbocycles. The van der Waals surface area contributed by atoms with Crippen LogP contribution in [0, 0.1) is 5.82 Å². The molecule has 0 saturated heterocycles. The van der Waals surface area contributed by atoms with Gasteiger partial charge in [-0.25, -0.2) is 4.39 Å². The van der Waals surface area contributed by atoms with Gasteiger partial charge in [-0.1, -0.05) is 41.4 Å². The molecular weight excluding hydrogens is 286 g/mol. The third-order valence-corrected chi connectivity index (χ3v) is 3.48. The van der Waals surface area contributed by atoms with Crippen LogP contribution >= 0.6 is 23.2 Å². The van der Waals surface area contributed by atoms with E-state index in [1.165, 1.54) is 6.07 Å². The average Bonchev–Trinajstić information content (AvgIpc) is 2.38. The van der Waals surface area contributed by atoms with Crippen LogP contribution in [0.4, 0.5) is 15.8 Å². The van der Waals surface area contributed by atoms with Crippen molar-refractivity contribution in [3.05, 3.63) is 57.8 Å². The van der Waals surface area contributed by atoms with Crippen molar-refractivity contribution in [3.63, 3.8) is 0 Å². The highest BCUT2D eigenvalue weighted by Crippen LogP contribution is 2.30. The highest BCUT2D eigenvalue weighted by molar-refractivity contribution is 6.42. The Hall–Kier alpha value is -1.45. The molecule has 100 valence electrons. The smallest absolute Gasteiger partial charge is 0.126 e. The first-order chi connectivity index (χ1) is 9.08. The zero-order valence-corrected chi connectivity index (χ0v) is 11.6. The van der Waals surface area contributed by atoms with Crippen molar-refractivity contribution in [2.75, 3.05) is 17.6 Å². The summed E-state index contributed by atoms with van der Waals surface area (Å²) < 4.78 is 13.4. The third-order valence-electron chi connectivity index (χ3n) is 2.76. The fraction of sp³-hybridized carbons (Fsp3) is 0.143. The van der Waals surface area contributed by atoms with Gasteiger partial charge in [0.15, 0.2) is 0 Å². The number of halogens is 3. The summed E-state index contributed by atoms with van der Waals surface area (Å²) >= 11 is 11.8. The Kier molecular flexibility index (Phi) is 4.51. The van der Waals surface area contributed by atoms with Gasteiger partial charge in [-0.3, -0.25) is 0 Å². The molecule has 5 heteroatoms. The lowest BCUT2D eigenvalue weighted by Gasteiger charge is -2.11. The van der Waals surface area contributed by atoms with Gasteiger partial charge in [0.25, 0.3) is 0 Å². The second-order valence-electron chi connectivity index (χ2n) is 4.12. The molecule has 2 rings (SSSR count). The van der Waals surface area contributed by atoms with Crippen molar-refractivity contribution in [1.29, 1.82) is 0 Å². The van der Waals surface area contributed by atoms with E-state index in [1.54, 1.807) is 24.3 Å². The van der Waals surface area contributed by atoms with E-state index in [0.29, 0.717) is 39.9 Å². The topological polar surface area (TPSA) is 38.0 Å². The van der Waals surface area contributed by atoms with Crippen LogP contribution < -0.4 is 11.1 Å². The minimum atomic E-state index is -0.202. The van der Waals surface area contributed by atoms with Gasteiger partial charge in [-0.05, 0) is 30.2 Å². The number of rotatable bonds is 4. The van der Waals surface area contributed by atoms with Gasteiger partial charge in [0.1, 0.15) is 5.82 Å². The fourth-order valence-corrected chi connectivity index (χ4v) is 2.08. The first-order valence-corrected chi connectivity index (χ1v) is 6.55. The number of benzene rings is 2. The van der Waals surface area contributed by atoms with Crippen LogP contribution in [0.15, 0.2) is 36.4 Å². The van der Waals surface area contributed by atoms with Crippen LogP contribution in [0.1, 0.15) is 5.56 Å². The monoisotopic (exact) mass is 298 g/mol. The SMILES string of the molecule is Nc1cc(Cl)c(Cl)cc1NCCc1ccccc1F. The molecule has 2 aromatic rings. The zero-order chi connectivity index (χ0) is 13.8. The van der Waals surface area contributed by atoms with Gasteiger partial charge in [0.2, 0.25) is 0 Å².